The number of piperidine rings is 1. The first-order valence-electron chi connectivity index (χ1n) is 5.32. The Morgan fingerprint density at radius 1 is 1.62 bits per heavy atom. The van der Waals surface area contributed by atoms with Gasteiger partial charge in [0.05, 0.1) is 5.92 Å². The maximum absolute atomic E-state index is 11.7. The largest absolute Gasteiger partial charge is 0.480 e. The lowest BCUT2D eigenvalue weighted by Gasteiger charge is -2.23. The van der Waals surface area contributed by atoms with Crippen molar-refractivity contribution < 1.29 is 14.7 Å². The van der Waals surface area contributed by atoms with Crippen LogP contribution in [0, 0.1) is 18.3 Å². The number of rotatable bonds is 4. The van der Waals surface area contributed by atoms with E-state index in [1.807, 2.05) is 0 Å². The minimum Gasteiger partial charge on any atom is -0.480 e. The molecular formula is C11H16N2O3. The second-order valence-electron chi connectivity index (χ2n) is 3.85. The van der Waals surface area contributed by atoms with Crippen molar-refractivity contribution in [2.45, 2.75) is 25.3 Å². The van der Waals surface area contributed by atoms with Crippen molar-refractivity contribution in [3.63, 3.8) is 0 Å². The third kappa shape index (κ3) is 3.55. The molecule has 2 atom stereocenters. The lowest BCUT2D eigenvalue weighted by Crippen LogP contribution is -2.47. The van der Waals surface area contributed by atoms with Crippen molar-refractivity contribution in [3.8, 4) is 12.3 Å². The molecule has 0 aliphatic carbocycles. The molecule has 0 saturated carbocycles. The van der Waals surface area contributed by atoms with E-state index in [0.29, 0.717) is 6.54 Å². The van der Waals surface area contributed by atoms with Crippen LogP contribution in [0.1, 0.15) is 19.3 Å². The first-order chi connectivity index (χ1) is 7.65. The van der Waals surface area contributed by atoms with Crippen LogP contribution in [0.5, 0.6) is 0 Å². The molecule has 5 nitrogen and oxygen atoms in total. The van der Waals surface area contributed by atoms with Crippen molar-refractivity contribution in [2.24, 2.45) is 5.92 Å². The van der Waals surface area contributed by atoms with E-state index >= 15 is 0 Å². The van der Waals surface area contributed by atoms with Crippen molar-refractivity contribution in [2.75, 3.05) is 13.1 Å². The highest BCUT2D eigenvalue weighted by Crippen LogP contribution is 2.10. The zero-order chi connectivity index (χ0) is 12.0. The lowest BCUT2D eigenvalue weighted by molar-refractivity contribution is -0.142. The monoisotopic (exact) mass is 224 g/mol. The predicted molar refractivity (Wildman–Crippen MR) is 58.6 cm³/mol. The molecule has 16 heavy (non-hydrogen) atoms. The van der Waals surface area contributed by atoms with E-state index in [9.17, 15) is 9.59 Å². The zero-order valence-electron chi connectivity index (χ0n) is 9.03. The van der Waals surface area contributed by atoms with Gasteiger partial charge in [-0.2, -0.15) is 0 Å². The maximum atomic E-state index is 11.7. The number of aliphatic carboxylic acids is 1. The van der Waals surface area contributed by atoms with Gasteiger partial charge in [-0.25, -0.2) is 4.79 Å². The van der Waals surface area contributed by atoms with Gasteiger partial charge >= 0.3 is 5.97 Å². The van der Waals surface area contributed by atoms with Crippen LogP contribution in [0.2, 0.25) is 0 Å². The molecule has 1 unspecified atom stereocenters. The number of carboxylic acid groups (broad SMARTS) is 1. The smallest absolute Gasteiger partial charge is 0.327 e. The molecule has 1 aliphatic rings. The topological polar surface area (TPSA) is 78.4 Å². The molecule has 0 bridgehead atoms. The highest BCUT2D eigenvalue weighted by molar-refractivity contribution is 5.85. The molecule has 1 saturated heterocycles. The number of hydrogen-bond donors (Lipinski definition) is 3. The molecule has 0 aromatic heterocycles. The number of terminal acetylenes is 1. The SMILES string of the molecule is C#CCC(NC(=O)[C@H]1CCCNC1)C(=O)O. The van der Waals surface area contributed by atoms with Gasteiger partial charge in [-0.15, -0.1) is 12.3 Å². The summed E-state index contributed by atoms with van der Waals surface area (Å²) in [5, 5.41) is 14.4. The van der Waals surface area contributed by atoms with Gasteiger partial charge in [0.2, 0.25) is 5.91 Å². The summed E-state index contributed by atoms with van der Waals surface area (Å²) in [6.45, 7) is 1.52. The molecule has 1 fully saturated rings. The van der Waals surface area contributed by atoms with Gasteiger partial charge in [0.15, 0.2) is 0 Å². The Hall–Kier alpha value is -1.54. The first kappa shape index (κ1) is 12.5. The fraction of sp³-hybridized carbons (Fsp3) is 0.636. The molecule has 0 aromatic carbocycles. The standard InChI is InChI=1S/C11H16N2O3/c1-2-4-9(11(15)16)13-10(14)8-5-3-6-12-7-8/h1,8-9,12H,3-7H2,(H,13,14)(H,15,16)/t8-,9?/m0/s1. The molecule has 1 aliphatic heterocycles. The van der Waals surface area contributed by atoms with Gasteiger partial charge in [0.25, 0.3) is 0 Å². The zero-order valence-corrected chi connectivity index (χ0v) is 9.03. The third-order valence-corrected chi connectivity index (χ3v) is 2.60. The summed E-state index contributed by atoms with van der Waals surface area (Å²) in [5.41, 5.74) is 0. The second kappa shape index (κ2) is 6.13. The van der Waals surface area contributed by atoms with Crippen LogP contribution < -0.4 is 10.6 Å². The average Bonchev–Trinajstić information content (AvgIpc) is 2.29. The predicted octanol–water partition coefficient (Wildman–Crippen LogP) is -0.421. The third-order valence-electron chi connectivity index (χ3n) is 2.60. The number of carbonyl (C=O) groups excluding carboxylic acids is 1. The number of carboxylic acids is 1. The van der Waals surface area contributed by atoms with E-state index < -0.39 is 12.0 Å². The van der Waals surface area contributed by atoms with Crippen molar-refractivity contribution in [3.05, 3.63) is 0 Å². The maximum Gasteiger partial charge on any atom is 0.327 e. The molecule has 1 heterocycles. The second-order valence-corrected chi connectivity index (χ2v) is 3.85. The Bertz CT molecular complexity index is 303. The number of amides is 1. The van der Waals surface area contributed by atoms with Crippen LogP contribution in [0.25, 0.3) is 0 Å². The summed E-state index contributed by atoms with van der Waals surface area (Å²) < 4.78 is 0. The first-order valence-corrected chi connectivity index (χ1v) is 5.32. The van der Waals surface area contributed by atoms with E-state index in [-0.39, 0.29) is 18.2 Å². The van der Waals surface area contributed by atoms with E-state index in [1.54, 1.807) is 0 Å². The molecule has 1 rings (SSSR count). The molecule has 5 heteroatoms. The van der Waals surface area contributed by atoms with Crippen molar-refractivity contribution in [1.82, 2.24) is 10.6 Å². The number of nitrogens with one attached hydrogen (secondary N) is 2. The van der Waals surface area contributed by atoms with Gasteiger partial charge in [-0.1, -0.05) is 0 Å². The Labute approximate surface area is 94.6 Å². The van der Waals surface area contributed by atoms with Gasteiger partial charge < -0.3 is 15.7 Å². The summed E-state index contributed by atoms with van der Waals surface area (Å²) in [4.78, 5) is 22.5. The quantitative estimate of drug-likeness (QED) is 0.567. The molecule has 3 N–H and O–H groups in total. The molecule has 0 radical (unpaired) electrons. The van der Waals surface area contributed by atoms with Crippen LogP contribution in [0.3, 0.4) is 0 Å². The molecular weight excluding hydrogens is 208 g/mol. The van der Waals surface area contributed by atoms with Crippen LogP contribution in [-0.4, -0.2) is 36.1 Å². The van der Waals surface area contributed by atoms with Crippen LogP contribution >= 0.6 is 0 Å². The van der Waals surface area contributed by atoms with E-state index in [4.69, 9.17) is 11.5 Å². The fourth-order valence-corrected chi connectivity index (χ4v) is 1.68. The van der Waals surface area contributed by atoms with E-state index in [0.717, 1.165) is 19.4 Å². The minimum absolute atomic E-state index is 0.0151. The van der Waals surface area contributed by atoms with Gasteiger partial charge in [0, 0.05) is 13.0 Å². The van der Waals surface area contributed by atoms with Crippen LogP contribution in [0.15, 0.2) is 0 Å². The highest BCUT2D eigenvalue weighted by Gasteiger charge is 2.25. The average molecular weight is 224 g/mol. The summed E-state index contributed by atoms with van der Waals surface area (Å²) in [5.74, 6) is 0.786. The number of hydrogen-bond acceptors (Lipinski definition) is 3. The normalized spacial score (nSPS) is 21.8. The Kier molecular flexibility index (Phi) is 4.80. The van der Waals surface area contributed by atoms with E-state index in [1.165, 1.54) is 0 Å². The lowest BCUT2D eigenvalue weighted by atomic mass is 9.98. The number of carbonyl (C=O) groups is 2. The Balaban J connectivity index is 2.47. The Morgan fingerprint density at radius 3 is 2.88 bits per heavy atom. The van der Waals surface area contributed by atoms with Gasteiger partial charge in [-0.3, -0.25) is 4.79 Å². The highest BCUT2D eigenvalue weighted by atomic mass is 16.4. The van der Waals surface area contributed by atoms with Gasteiger partial charge in [0.1, 0.15) is 6.04 Å². The Morgan fingerprint density at radius 2 is 2.38 bits per heavy atom. The molecule has 1 amide bonds. The summed E-state index contributed by atoms with van der Waals surface area (Å²) in [6.07, 6.45) is 6.79. The van der Waals surface area contributed by atoms with Crippen molar-refractivity contribution in [1.29, 1.82) is 0 Å². The molecule has 0 aromatic rings. The summed E-state index contributed by atoms with van der Waals surface area (Å²) in [6, 6.07) is -0.973. The minimum atomic E-state index is -1.09. The summed E-state index contributed by atoms with van der Waals surface area (Å²) in [7, 11) is 0. The fourth-order valence-electron chi connectivity index (χ4n) is 1.68. The van der Waals surface area contributed by atoms with Crippen LogP contribution in [-0.2, 0) is 9.59 Å². The molecule has 0 spiro atoms. The molecule has 88 valence electrons. The summed E-state index contributed by atoms with van der Waals surface area (Å²) >= 11 is 0. The van der Waals surface area contributed by atoms with Crippen LogP contribution in [0.4, 0.5) is 0 Å². The van der Waals surface area contributed by atoms with Gasteiger partial charge in [-0.05, 0) is 19.4 Å². The van der Waals surface area contributed by atoms with E-state index in [2.05, 4.69) is 16.6 Å². The van der Waals surface area contributed by atoms with Crippen molar-refractivity contribution >= 4 is 11.9 Å².